The number of aromatic hydroxyl groups is 2. The smallest absolute Gasteiger partial charge is 0.161 e. The van der Waals surface area contributed by atoms with Gasteiger partial charge in [-0.3, -0.25) is 0 Å². The molecular weight excluding hydrogens is 206 g/mol. The molecule has 0 atom stereocenters. The maximum Gasteiger partial charge on any atom is 0.161 e. The van der Waals surface area contributed by atoms with Crippen LogP contribution >= 0.6 is 0 Å². The number of para-hydroxylation sites is 1. The second-order valence-corrected chi connectivity index (χ2v) is 3.88. The van der Waals surface area contributed by atoms with Crippen LogP contribution in [-0.2, 0) is 11.3 Å². The standard InChI is InChI=1S/C12H19NO3/c1-9(2)16-7-6-13-8-10-4-3-5-11(14)12(10)15/h3-5,9,13-15H,6-8H2,1-2H3. The van der Waals surface area contributed by atoms with Crippen molar-refractivity contribution in [3.63, 3.8) is 0 Å². The van der Waals surface area contributed by atoms with E-state index in [-0.39, 0.29) is 17.6 Å². The van der Waals surface area contributed by atoms with Gasteiger partial charge in [-0.15, -0.1) is 0 Å². The number of phenolic OH excluding ortho intramolecular Hbond substituents is 2. The number of ether oxygens (including phenoxy) is 1. The van der Waals surface area contributed by atoms with Gasteiger partial charge in [0.1, 0.15) is 0 Å². The van der Waals surface area contributed by atoms with E-state index in [0.717, 1.165) is 0 Å². The molecule has 3 N–H and O–H groups in total. The van der Waals surface area contributed by atoms with Gasteiger partial charge < -0.3 is 20.3 Å². The lowest BCUT2D eigenvalue weighted by atomic mass is 10.2. The Morgan fingerprint density at radius 3 is 2.75 bits per heavy atom. The molecule has 0 aliphatic heterocycles. The molecule has 4 heteroatoms. The van der Waals surface area contributed by atoms with Gasteiger partial charge in [0.05, 0.1) is 12.7 Å². The Labute approximate surface area is 95.9 Å². The Morgan fingerprint density at radius 1 is 1.31 bits per heavy atom. The molecule has 4 nitrogen and oxygen atoms in total. The number of phenols is 2. The van der Waals surface area contributed by atoms with E-state index >= 15 is 0 Å². The Hall–Kier alpha value is -1.26. The van der Waals surface area contributed by atoms with Crippen molar-refractivity contribution >= 4 is 0 Å². The molecular formula is C12H19NO3. The van der Waals surface area contributed by atoms with Crippen LogP contribution in [0.5, 0.6) is 11.5 Å². The molecule has 1 aromatic rings. The first-order valence-electron chi connectivity index (χ1n) is 5.43. The lowest BCUT2D eigenvalue weighted by Gasteiger charge is -2.09. The molecule has 0 unspecified atom stereocenters. The maximum absolute atomic E-state index is 9.52. The Kier molecular flexibility index (Phi) is 5.08. The summed E-state index contributed by atoms with van der Waals surface area (Å²) in [6.07, 6.45) is 0.232. The monoisotopic (exact) mass is 225 g/mol. The molecule has 1 rings (SSSR count). The summed E-state index contributed by atoms with van der Waals surface area (Å²) in [6, 6.07) is 4.93. The van der Waals surface area contributed by atoms with E-state index in [1.807, 2.05) is 13.8 Å². The second kappa shape index (κ2) is 6.35. The van der Waals surface area contributed by atoms with Gasteiger partial charge in [-0.25, -0.2) is 0 Å². The maximum atomic E-state index is 9.52. The van der Waals surface area contributed by atoms with Crippen LogP contribution in [-0.4, -0.2) is 29.5 Å². The third-order valence-electron chi connectivity index (χ3n) is 2.14. The molecule has 0 aliphatic carbocycles. The van der Waals surface area contributed by atoms with Gasteiger partial charge in [0, 0.05) is 18.7 Å². The van der Waals surface area contributed by atoms with E-state index in [1.165, 1.54) is 6.07 Å². The van der Waals surface area contributed by atoms with E-state index in [9.17, 15) is 10.2 Å². The zero-order valence-corrected chi connectivity index (χ0v) is 9.73. The number of hydrogen-bond donors (Lipinski definition) is 3. The molecule has 0 radical (unpaired) electrons. The molecule has 1 aromatic carbocycles. The molecule has 0 saturated heterocycles. The van der Waals surface area contributed by atoms with Crippen molar-refractivity contribution in [1.82, 2.24) is 5.32 Å². The van der Waals surface area contributed by atoms with Crippen LogP contribution in [0.2, 0.25) is 0 Å². The predicted octanol–water partition coefficient (Wildman–Crippen LogP) is 1.61. The minimum atomic E-state index is -0.0854. The summed E-state index contributed by atoms with van der Waals surface area (Å²) in [4.78, 5) is 0. The number of benzene rings is 1. The zero-order chi connectivity index (χ0) is 12.0. The van der Waals surface area contributed by atoms with Crippen LogP contribution in [0.15, 0.2) is 18.2 Å². The summed E-state index contributed by atoms with van der Waals surface area (Å²) < 4.78 is 5.36. The van der Waals surface area contributed by atoms with E-state index in [0.29, 0.717) is 25.3 Å². The van der Waals surface area contributed by atoms with Gasteiger partial charge in [-0.1, -0.05) is 12.1 Å². The minimum absolute atomic E-state index is 0.0558. The van der Waals surface area contributed by atoms with Crippen LogP contribution in [0.1, 0.15) is 19.4 Å². The topological polar surface area (TPSA) is 61.7 Å². The normalized spacial score (nSPS) is 10.9. The SMILES string of the molecule is CC(C)OCCNCc1cccc(O)c1O. The van der Waals surface area contributed by atoms with Crippen LogP contribution < -0.4 is 5.32 Å². The summed E-state index contributed by atoms with van der Waals surface area (Å²) in [5.41, 5.74) is 0.685. The molecule has 0 heterocycles. The Bertz CT molecular complexity index is 326. The fraction of sp³-hybridized carbons (Fsp3) is 0.500. The fourth-order valence-electron chi connectivity index (χ4n) is 1.31. The number of hydrogen-bond acceptors (Lipinski definition) is 4. The van der Waals surface area contributed by atoms with Gasteiger partial charge in [-0.2, -0.15) is 0 Å². The van der Waals surface area contributed by atoms with Gasteiger partial charge in [-0.05, 0) is 19.9 Å². The van der Waals surface area contributed by atoms with E-state index in [4.69, 9.17) is 4.74 Å². The highest BCUT2D eigenvalue weighted by Gasteiger charge is 2.04. The molecule has 16 heavy (non-hydrogen) atoms. The van der Waals surface area contributed by atoms with Gasteiger partial charge in [0.2, 0.25) is 0 Å². The summed E-state index contributed by atoms with van der Waals surface area (Å²) in [5.74, 6) is -0.141. The third kappa shape index (κ3) is 4.08. The second-order valence-electron chi connectivity index (χ2n) is 3.88. The van der Waals surface area contributed by atoms with Crippen LogP contribution in [0.3, 0.4) is 0 Å². The average Bonchev–Trinajstić information content (AvgIpc) is 2.23. The number of rotatable bonds is 6. The van der Waals surface area contributed by atoms with Crippen LogP contribution in [0, 0.1) is 0 Å². The highest BCUT2D eigenvalue weighted by molar-refractivity contribution is 5.44. The van der Waals surface area contributed by atoms with Crippen LogP contribution in [0.4, 0.5) is 0 Å². The van der Waals surface area contributed by atoms with Crippen molar-refractivity contribution in [3.05, 3.63) is 23.8 Å². The fourth-order valence-corrected chi connectivity index (χ4v) is 1.31. The van der Waals surface area contributed by atoms with Crippen molar-refractivity contribution in [2.24, 2.45) is 0 Å². The molecule has 0 saturated carbocycles. The zero-order valence-electron chi connectivity index (χ0n) is 9.73. The summed E-state index contributed by atoms with van der Waals surface area (Å²) >= 11 is 0. The summed E-state index contributed by atoms with van der Waals surface area (Å²) in [5, 5.41) is 21.9. The van der Waals surface area contributed by atoms with E-state index in [1.54, 1.807) is 12.1 Å². The van der Waals surface area contributed by atoms with Crippen molar-refractivity contribution in [2.45, 2.75) is 26.5 Å². The highest BCUT2D eigenvalue weighted by Crippen LogP contribution is 2.27. The molecule has 0 spiro atoms. The van der Waals surface area contributed by atoms with Crippen molar-refractivity contribution < 1.29 is 14.9 Å². The molecule has 90 valence electrons. The van der Waals surface area contributed by atoms with Crippen molar-refractivity contribution in [2.75, 3.05) is 13.2 Å². The lowest BCUT2D eigenvalue weighted by Crippen LogP contribution is -2.20. The quantitative estimate of drug-likeness (QED) is 0.508. The minimum Gasteiger partial charge on any atom is -0.504 e. The molecule has 0 fully saturated rings. The Balaban J connectivity index is 2.29. The third-order valence-corrected chi connectivity index (χ3v) is 2.14. The van der Waals surface area contributed by atoms with Crippen molar-refractivity contribution in [1.29, 1.82) is 0 Å². The molecule has 0 amide bonds. The van der Waals surface area contributed by atoms with Gasteiger partial charge >= 0.3 is 0 Å². The van der Waals surface area contributed by atoms with Crippen LogP contribution in [0.25, 0.3) is 0 Å². The summed E-state index contributed by atoms with van der Waals surface area (Å²) in [7, 11) is 0. The number of nitrogens with one attached hydrogen (secondary N) is 1. The predicted molar refractivity (Wildman–Crippen MR) is 62.6 cm³/mol. The van der Waals surface area contributed by atoms with Crippen molar-refractivity contribution in [3.8, 4) is 11.5 Å². The average molecular weight is 225 g/mol. The van der Waals surface area contributed by atoms with Gasteiger partial charge in [0.25, 0.3) is 0 Å². The highest BCUT2D eigenvalue weighted by atomic mass is 16.5. The largest absolute Gasteiger partial charge is 0.504 e. The Morgan fingerprint density at radius 2 is 2.06 bits per heavy atom. The first-order valence-corrected chi connectivity index (χ1v) is 5.43. The van der Waals surface area contributed by atoms with E-state index in [2.05, 4.69) is 5.32 Å². The van der Waals surface area contributed by atoms with Gasteiger partial charge in [0.15, 0.2) is 11.5 Å². The molecule has 0 aliphatic rings. The lowest BCUT2D eigenvalue weighted by molar-refractivity contribution is 0.0807. The molecule has 0 aromatic heterocycles. The van der Waals surface area contributed by atoms with E-state index < -0.39 is 0 Å². The molecule has 0 bridgehead atoms. The first kappa shape index (κ1) is 12.8. The first-order chi connectivity index (χ1) is 7.61. The summed E-state index contributed by atoms with van der Waals surface area (Å²) in [6.45, 7) is 5.84.